The smallest absolute Gasteiger partial charge is 0.227 e. The van der Waals surface area contributed by atoms with Gasteiger partial charge >= 0.3 is 0 Å². The van der Waals surface area contributed by atoms with Crippen LogP contribution in [-0.2, 0) is 16.0 Å². The molecule has 1 unspecified atom stereocenters. The quantitative estimate of drug-likeness (QED) is 0.734. The van der Waals surface area contributed by atoms with Crippen LogP contribution in [0, 0.1) is 19.8 Å². The van der Waals surface area contributed by atoms with Gasteiger partial charge in [0.2, 0.25) is 11.8 Å². The fourth-order valence-electron chi connectivity index (χ4n) is 4.68. The lowest BCUT2D eigenvalue weighted by molar-refractivity contribution is -0.134. The Balaban J connectivity index is 1.68. The van der Waals surface area contributed by atoms with E-state index in [2.05, 4.69) is 13.8 Å². The highest BCUT2D eigenvalue weighted by Crippen LogP contribution is 2.28. The van der Waals surface area contributed by atoms with E-state index in [1.54, 1.807) is 0 Å². The van der Waals surface area contributed by atoms with Gasteiger partial charge in [-0.15, -0.1) is 0 Å². The van der Waals surface area contributed by atoms with Gasteiger partial charge in [0.1, 0.15) is 5.82 Å². The van der Waals surface area contributed by atoms with E-state index in [0.717, 1.165) is 74.5 Å². The largest absolute Gasteiger partial charge is 0.342 e. The predicted octanol–water partition coefficient (Wildman–Crippen LogP) is 3.40. The van der Waals surface area contributed by atoms with Crippen LogP contribution in [0.15, 0.2) is 0 Å². The zero-order chi connectivity index (χ0) is 21.0. The minimum absolute atomic E-state index is 0.126. The van der Waals surface area contributed by atoms with E-state index in [-0.39, 0.29) is 23.7 Å². The van der Waals surface area contributed by atoms with Gasteiger partial charge in [-0.3, -0.25) is 9.59 Å². The standard InChI is InChI=1S/C23H36N4O2/c1-5-18(6-2)23(29)27-13-10-19(15-27)22-24-16(3)20(17(4)25-22)14-21(28)26-11-8-7-9-12-26/h18-19H,5-15H2,1-4H3. The van der Waals surface area contributed by atoms with Crippen LogP contribution in [0.4, 0.5) is 0 Å². The lowest BCUT2D eigenvalue weighted by Gasteiger charge is -2.27. The van der Waals surface area contributed by atoms with Crippen LogP contribution in [0.3, 0.4) is 0 Å². The molecule has 1 aromatic heterocycles. The molecule has 2 amide bonds. The molecule has 6 nitrogen and oxygen atoms in total. The number of aromatic nitrogens is 2. The first-order valence-corrected chi connectivity index (χ1v) is 11.3. The third-order valence-corrected chi connectivity index (χ3v) is 6.67. The van der Waals surface area contributed by atoms with E-state index in [0.29, 0.717) is 13.0 Å². The number of carbonyl (C=O) groups is 2. The molecule has 2 fully saturated rings. The second-order valence-corrected chi connectivity index (χ2v) is 8.63. The van der Waals surface area contributed by atoms with E-state index >= 15 is 0 Å². The van der Waals surface area contributed by atoms with Crippen LogP contribution >= 0.6 is 0 Å². The average molecular weight is 401 g/mol. The summed E-state index contributed by atoms with van der Waals surface area (Å²) < 4.78 is 0. The molecule has 160 valence electrons. The fraction of sp³-hybridized carbons (Fsp3) is 0.739. The highest BCUT2D eigenvalue weighted by molar-refractivity contribution is 5.79. The maximum atomic E-state index is 12.7. The fourth-order valence-corrected chi connectivity index (χ4v) is 4.68. The first-order chi connectivity index (χ1) is 13.9. The van der Waals surface area contributed by atoms with Gasteiger partial charge in [0.25, 0.3) is 0 Å². The van der Waals surface area contributed by atoms with Crippen molar-refractivity contribution >= 4 is 11.8 Å². The molecule has 0 radical (unpaired) electrons. The Kier molecular flexibility index (Phi) is 7.25. The summed E-state index contributed by atoms with van der Waals surface area (Å²) in [7, 11) is 0. The zero-order valence-corrected chi connectivity index (χ0v) is 18.5. The Morgan fingerprint density at radius 3 is 2.17 bits per heavy atom. The molecule has 2 aliphatic heterocycles. The molecule has 0 saturated carbocycles. The van der Waals surface area contributed by atoms with Crippen molar-refractivity contribution in [2.24, 2.45) is 5.92 Å². The number of carbonyl (C=O) groups excluding carboxylic acids is 2. The SMILES string of the molecule is CCC(CC)C(=O)N1CCC(c2nc(C)c(CC(=O)N3CCCCC3)c(C)n2)C1. The molecule has 3 heterocycles. The Morgan fingerprint density at radius 1 is 0.966 bits per heavy atom. The zero-order valence-electron chi connectivity index (χ0n) is 18.5. The lowest BCUT2D eigenvalue weighted by atomic mass is 10.0. The molecule has 2 aliphatic rings. The van der Waals surface area contributed by atoms with Crippen molar-refractivity contribution in [2.45, 2.75) is 78.6 Å². The topological polar surface area (TPSA) is 66.4 Å². The summed E-state index contributed by atoms with van der Waals surface area (Å²) in [5.41, 5.74) is 2.78. The molecule has 3 rings (SSSR count). The van der Waals surface area contributed by atoms with E-state index in [4.69, 9.17) is 9.97 Å². The number of hydrogen-bond donors (Lipinski definition) is 0. The Labute approximate surface area is 175 Å². The Morgan fingerprint density at radius 2 is 1.59 bits per heavy atom. The van der Waals surface area contributed by atoms with Gasteiger partial charge in [0.05, 0.1) is 6.42 Å². The van der Waals surface area contributed by atoms with Crippen molar-refractivity contribution in [3.63, 3.8) is 0 Å². The van der Waals surface area contributed by atoms with Gasteiger partial charge in [-0.1, -0.05) is 13.8 Å². The molecule has 0 aromatic carbocycles. The molecule has 1 atom stereocenters. The van der Waals surface area contributed by atoms with Crippen LogP contribution in [-0.4, -0.2) is 57.8 Å². The normalized spacial score (nSPS) is 19.8. The van der Waals surface area contributed by atoms with Crippen molar-refractivity contribution in [3.8, 4) is 0 Å². The number of rotatable bonds is 6. The molecule has 29 heavy (non-hydrogen) atoms. The minimum Gasteiger partial charge on any atom is -0.342 e. The summed E-state index contributed by atoms with van der Waals surface area (Å²) in [5, 5.41) is 0. The first-order valence-electron chi connectivity index (χ1n) is 11.3. The maximum absolute atomic E-state index is 12.7. The van der Waals surface area contributed by atoms with Gasteiger partial charge in [0, 0.05) is 55.0 Å². The Bertz CT molecular complexity index is 715. The van der Waals surface area contributed by atoms with Crippen molar-refractivity contribution in [1.29, 1.82) is 0 Å². The molecular formula is C23H36N4O2. The molecule has 0 bridgehead atoms. The predicted molar refractivity (Wildman–Crippen MR) is 114 cm³/mol. The third-order valence-electron chi connectivity index (χ3n) is 6.67. The van der Waals surface area contributed by atoms with Gasteiger partial charge in [-0.05, 0) is 52.4 Å². The molecule has 1 aromatic rings. The van der Waals surface area contributed by atoms with Gasteiger partial charge in [-0.2, -0.15) is 0 Å². The molecule has 0 N–H and O–H groups in total. The van der Waals surface area contributed by atoms with Crippen molar-refractivity contribution in [2.75, 3.05) is 26.2 Å². The molecule has 6 heteroatoms. The summed E-state index contributed by atoms with van der Waals surface area (Å²) in [6, 6.07) is 0. The highest BCUT2D eigenvalue weighted by Gasteiger charge is 2.32. The molecular weight excluding hydrogens is 364 g/mol. The highest BCUT2D eigenvalue weighted by atomic mass is 16.2. The molecule has 0 aliphatic carbocycles. The summed E-state index contributed by atoms with van der Waals surface area (Å²) >= 11 is 0. The number of amides is 2. The van der Waals surface area contributed by atoms with E-state index in [9.17, 15) is 9.59 Å². The third kappa shape index (κ3) is 4.96. The van der Waals surface area contributed by atoms with Crippen LogP contribution in [0.2, 0.25) is 0 Å². The second-order valence-electron chi connectivity index (χ2n) is 8.63. The summed E-state index contributed by atoms with van der Waals surface area (Å²) in [6.45, 7) is 11.4. The monoisotopic (exact) mass is 400 g/mol. The van der Waals surface area contributed by atoms with E-state index < -0.39 is 0 Å². The van der Waals surface area contributed by atoms with Crippen LogP contribution in [0.25, 0.3) is 0 Å². The second kappa shape index (κ2) is 9.68. The Hall–Kier alpha value is -1.98. The number of aryl methyl sites for hydroxylation is 2. The van der Waals surface area contributed by atoms with E-state index in [1.807, 2.05) is 23.6 Å². The van der Waals surface area contributed by atoms with E-state index in [1.165, 1.54) is 6.42 Å². The van der Waals surface area contributed by atoms with Gasteiger partial charge in [-0.25, -0.2) is 9.97 Å². The molecule has 0 spiro atoms. The summed E-state index contributed by atoms with van der Waals surface area (Å²) in [4.78, 5) is 38.9. The average Bonchev–Trinajstić information content (AvgIpc) is 3.22. The van der Waals surface area contributed by atoms with Crippen LogP contribution < -0.4 is 0 Å². The van der Waals surface area contributed by atoms with Gasteiger partial charge < -0.3 is 9.80 Å². The van der Waals surface area contributed by atoms with Crippen LogP contribution in [0.5, 0.6) is 0 Å². The lowest BCUT2D eigenvalue weighted by Crippen LogP contribution is -2.37. The molecule has 2 saturated heterocycles. The number of likely N-dealkylation sites (tertiary alicyclic amines) is 2. The first kappa shape index (κ1) is 21.7. The van der Waals surface area contributed by atoms with Crippen molar-refractivity contribution in [3.05, 3.63) is 22.8 Å². The minimum atomic E-state index is 0.126. The summed E-state index contributed by atoms with van der Waals surface area (Å²) in [6.07, 6.45) is 6.52. The number of piperidine rings is 1. The summed E-state index contributed by atoms with van der Waals surface area (Å²) in [5.74, 6) is 1.61. The van der Waals surface area contributed by atoms with Gasteiger partial charge in [0.15, 0.2) is 0 Å². The number of hydrogen-bond acceptors (Lipinski definition) is 4. The van der Waals surface area contributed by atoms with Crippen molar-refractivity contribution < 1.29 is 9.59 Å². The van der Waals surface area contributed by atoms with Crippen LogP contribution in [0.1, 0.15) is 81.1 Å². The maximum Gasteiger partial charge on any atom is 0.227 e. The van der Waals surface area contributed by atoms with Crippen molar-refractivity contribution in [1.82, 2.24) is 19.8 Å². The number of nitrogens with zero attached hydrogens (tertiary/aromatic N) is 4.